The Morgan fingerprint density at radius 1 is 1.16 bits per heavy atom. The van der Waals surface area contributed by atoms with E-state index in [1.54, 1.807) is 42.5 Å². The fourth-order valence-electron chi connectivity index (χ4n) is 1.36. The van der Waals surface area contributed by atoms with Crippen molar-refractivity contribution in [2.75, 3.05) is 11.9 Å². The number of rotatable bonds is 4. The summed E-state index contributed by atoms with van der Waals surface area (Å²) in [5.74, 6) is 0.494. The maximum atomic E-state index is 11.6. The minimum absolute atomic E-state index is 0.155. The standard InChI is InChI=1S/C13H10Cl2N2O2/c14-9-4-1-2-5-10(9)19-8-13(18)17-12-7-3-6-11(15)16-12/h1-7H,8H2,(H,16,17,18). The molecule has 0 radical (unpaired) electrons. The third kappa shape index (κ3) is 4.12. The quantitative estimate of drug-likeness (QED) is 0.880. The van der Waals surface area contributed by atoms with Crippen LogP contribution in [0.25, 0.3) is 0 Å². The predicted octanol–water partition coefficient (Wildman–Crippen LogP) is 3.41. The molecule has 0 aliphatic carbocycles. The average Bonchev–Trinajstić information content (AvgIpc) is 2.38. The molecule has 98 valence electrons. The molecule has 2 aromatic rings. The van der Waals surface area contributed by atoms with E-state index < -0.39 is 0 Å². The summed E-state index contributed by atoms with van der Waals surface area (Å²) < 4.78 is 5.30. The highest BCUT2D eigenvalue weighted by molar-refractivity contribution is 6.32. The molecule has 0 fully saturated rings. The lowest BCUT2D eigenvalue weighted by molar-refractivity contribution is -0.118. The molecular formula is C13H10Cl2N2O2. The minimum atomic E-state index is -0.338. The minimum Gasteiger partial charge on any atom is -0.482 e. The molecule has 0 saturated carbocycles. The highest BCUT2D eigenvalue weighted by atomic mass is 35.5. The Kier molecular flexibility index (Phi) is 4.60. The van der Waals surface area contributed by atoms with E-state index in [0.717, 1.165) is 0 Å². The van der Waals surface area contributed by atoms with Crippen molar-refractivity contribution < 1.29 is 9.53 Å². The van der Waals surface area contributed by atoms with Crippen LogP contribution < -0.4 is 10.1 Å². The summed E-state index contributed by atoms with van der Waals surface area (Å²) in [5.41, 5.74) is 0. The summed E-state index contributed by atoms with van der Waals surface area (Å²) in [6, 6.07) is 11.9. The molecule has 1 aromatic heterocycles. The predicted molar refractivity (Wildman–Crippen MR) is 74.8 cm³/mol. The van der Waals surface area contributed by atoms with Crippen LogP contribution in [0.3, 0.4) is 0 Å². The smallest absolute Gasteiger partial charge is 0.263 e. The summed E-state index contributed by atoms with van der Waals surface area (Å²) in [6.45, 7) is -0.155. The number of ether oxygens (including phenoxy) is 1. The van der Waals surface area contributed by atoms with Gasteiger partial charge in [-0.3, -0.25) is 4.79 Å². The fourth-order valence-corrected chi connectivity index (χ4v) is 1.72. The molecule has 0 spiro atoms. The van der Waals surface area contributed by atoms with Gasteiger partial charge in [0.2, 0.25) is 0 Å². The number of anilines is 1. The lowest BCUT2D eigenvalue weighted by Gasteiger charge is -2.08. The maximum absolute atomic E-state index is 11.6. The van der Waals surface area contributed by atoms with Crippen molar-refractivity contribution >= 4 is 34.9 Å². The molecule has 4 nitrogen and oxygen atoms in total. The van der Waals surface area contributed by atoms with E-state index in [1.165, 1.54) is 0 Å². The molecule has 1 heterocycles. The molecule has 19 heavy (non-hydrogen) atoms. The third-order valence-electron chi connectivity index (χ3n) is 2.18. The molecule has 1 aromatic carbocycles. The van der Waals surface area contributed by atoms with Crippen molar-refractivity contribution in [2.45, 2.75) is 0 Å². The second kappa shape index (κ2) is 6.41. The number of halogens is 2. The van der Waals surface area contributed by atoms with Gasteiger partial charge < -0.3 is 10.1 Å². The van der Waals surface area contributed by atoms with Crippen LogP contribution in [0, 0.1) is 0 Å². The molecule has 0 aliphatic heterocycles. The highest BCUT2D eigenvalue weighted by Crippen LogP contribution is 2.22. The van der Waals surface area contributed by atoms with Crippen LogP contribution in [0.4, 0.5) is 5.82 Å². The van der Waals surface area contributed by atoms with Gasteiger partial charge in [-0.25, -0.2) is 4.98 Å². The number of amides is 1. The molecule has 0 unspecified atom stereocenters. The monoisotopic (exact) mass is 296 g/mol. The first-order valence-electron chi connectivity index (χ1n) is 5.45. The van der Waals surface area contributed by atoms with Gasteiger partial charge in [0, 0.05) is 0 Å². The maximum Gasteiger partial charge on any atom is 0.263 e. The number of benzene rings is 1. The van der Waals surface area contributed by atoms with E-state index in [9.17, 15) is 4.79 Å². The van der Waals surface area contributed by atoms with E-state index in [-0.39, 0.29) is 12.5 Å². The van der Waals surface area contributed by atoms with Crippen LogP contribution in [0.1, 0.15) is 0 Å². The highest BCUT2D eigenvalue weighted by Gasteiger charge is 2.06. The van der Waals surface area contributed by atoms with Gasteiger partial charge in [-0.1, -0.05) is 41.4 Å². The van der Waals surface area contributed by atoms with E-state index >= 15 is 0 Å². The summed E-state index contributed by atoms with van der Waals surface area (Å²) in [4.78, 5) is 15.6. The lowest BCUT2D eigenvalue weighted by atomic mass is 10.3. The molecular weight excluding hydrogens is 287 g/mol. The Hall–Kier alpha value is -1.78. The van der Waals surface area contributed by atoms with Gasteiger partial charge in [0.25, 0.3) is 5.91 Å². The second-order valence-electron chi connectivity index (χ2n) is 3.61. The molecule has 0 saturated heterocycles. The summed E-state index contributed by atoms with van der Waals surface area (Å²) in [5, 5.41) is 3.33. The summed E-state index contributed by atoms with van der Waals surface area (Å²) in [7, 11) is 0. The van der Waals surface area contributed by atoms with E-state index in [0.29, 0.717) is 21.7 Å². The number of aromatic nitrogens is 1. The zero-order valence-electron chi connectivity index (χ0n) is 9.77. The second-order valence-corrected chi connectivity index (χ2v) is 4.41. The van der Waals surface area contributed by atoms with Gasteiger partial charge in [-0.2, -0.15) is 0 Å². The van der Waals surface area contributed by atoms with Crippen LogP contribution in [0.15, 0.2) is 42.5 Å². The van der Waals surface area contributed by atoms with Crippen LogP contribution in [0.2, 0.25) is 10.2 Å². The van der Waals surface area contributed by atoms with Crippen molar-refractivity contribution in [1.82, 2.24) is 4.98 Å². The SMILES string of the molecule is O=C(COc1ccccc1Cl)Nc1cccc(Cl)n1. The zero-order valence-corrected chi connectivity index (χ0v) is 11.3. The first kappa shape index (κ1) is 13.6. The van der Waals surface area contributed by atoms with Gasteiger partial charge in [0.1, 0.15) is 16.7 Å². The molecule has 0 atom stereocenters. The normalized spacial score (nSPS) is 10.0. The molecule has 6 heteroatoms. The topological polar surface area (TPSA) is 51.2 Å². The van der Waals surface area contributed by atoms with E-state index in [2.05, 4.69) is 10.3 Å². The Morgan fingerprint density at radius 2 is 1.95 bits per heavy atom. The molecule has 0 bridgehead atoms. The van der Waals surface area contributed by atoms with Gasteiger partial charge in [-0.05, 0) is 24.3 Å². The largest absolute Gasteiger partial charge is 0.482 e. The molecule has 1 amide bonds. The number of nitrogens with zero attached hydrogens (tertiary/aromatic N) is 1. The number of hydrogen-bond acceptors (Lipinski definition) is 3. The van der Waals surface area contributed by atoms with Gasteiger partial charge >= 0.3 is 0 Å². The number of para-hydroxylation sites is 1. The first-order valence-corrected chi connectivity index (χ1v) is 6.20. The fraction of sp³-hybridized carbons (Fsp3) is 0.0769. The van der Waals surface area contributed by atoms with Crippen molar-refractivity contribution in [3.8, 4) is 5.75 Å². The Balaban J connectivity index is 1.90. The molecule has 1 N–H and O–H groups in total. The van der Waals surface area contributed by atoms with Crippen LogP contribution >= 0.6 is 23.2 Å². The summed E-state index contributed by atoms with van der Waals surface area (Å²) >= 11 is 11.6. The Labute approximate surface area is 120 Å². The van der Waals surface area contributed by atoms with Gasteiger partial charge in [0.05, 0.1) is 5.02 Å². The van der Waals surface area contributed by atoms with Crippen molar-refractivity contribution in [3.63, 3.8) is 0 Å². The van der Waals surface area contributed by atoms with E-state index in [4.69, 9.17) is 27.9 Å². The van der Waals surface area contributed by atoms with Crippen molar-refractivity contribution in [2.24, 2.45) is 0 Å². The average molecular weight is 297 g/mol. The summed E-state index contributed by atoms with van der Waals surface area (Å²) in [6.07, 6.45) is 0. The van der Waals surface area contributed by atoms with Gasteiger partial charge in [0.15, 0.2) is 6.61 Å². The van der Waals surface area contributed by atoms with Crippen LogP contribution in [-0.4, -0.2) is 17.5 Å². The van der Waals surface area contributed by atoms with Crippen molar-refractivity contribution in [1.29, 1.82) is 0 Å². The number of carbonyl (C=O) groups is 1. The number of nitrogens with one attached hydrogen (secondary N) is 1. The van der Waals surface area contributed by atoms with Crippen LogP contribution in [-0.2, 0) is 4.79 Å². The number of carbonyl (C=O) groups excluding carboxylic acids is 1. The Morgan fingerprint density at radius 3 is 2.68 bits per heavy atom. The van der Waals surface area contributed by atoms with E-state index in [1.807, 2.05) is 0 Å². The third-order valence-corrected chi connectivity index (χ3v) is 2.70. The lowest BCUT2D eigenvalue weighted by Crippen LogP contribution is -2.20. The first-order chi connectivity index (χ1) is 9.15. The molecule has 2 rings (SSSR count). The number of hydrogen-bond donors (Lipinski definition) is 1. The van der Waals surface area contributed by atoms with Crippen molar-refractivity contribution in [3.05, 3.63) is 52.6 Å². The van der Waals surface area contributed by atoms with Gasteiger partial charge in [-0.15, -0.1) is 0 Å². The molecule has 0 aliphatic rings. The Bertz CT molecular complexity index is 590. The number of pyridine rings is 1. The van der Waals surface area contributed by atoms with Crippen LogP contribution in [0.5, 0.6) is 5.75 Å². The zero-order chi connectivity index (χ0) is 13.7.